The monoisotopic (exact) mass is 428 g/mol. The van der Waals surface area contributed by atoms with Gasteiger partial charge in [-0.15, -0.1) is 0 Å². The number of esters is 2. The van der Waals surface area contributed by atoms with Crippen LogP contribution in [-0.2, 0) is 9.59 Å². The summed E-state index contributed by atoms with van der Waals surface area (Å²) in [5.74, 6) is 0.000262. The first-order chi connectivity index (χ1) is 15.5. The van der Waals surface area contributed by atoms with E-state index in [9.17, 15) is 9.59 Å². The molecule has 0 fully saturated rings. The quantitative estimate of drug-likeness (QED) is 0.253. The number of ether oxygens (including phenoxy) is 2. The Labute approximate surface area is 189 Å². The van der Waals surface area contributed by atoms with Gasteiger partial charge in [-0.25, -0.2) is 9.59 Å². The fourth-order valence-electron chi connectivity index (χ4n) is 2.56. The highest BCUT2D eigenvalue weighted by Crippen LogP contribution is 2.15. The predicted octanol–water partition coefficient (Wildman–Crippen LogP) is 6.57. The SMILES string of the molecule is CC.Cc1ccc(/C=C/C(=O)Oc2ccc(/C=C/C(=O)Oc3ccc(C)cc3)cc2)cc1. The van der Waals surface area contributed by atoms with Gasteiger partial charge < -0.3 is 9.47 Å². The lowest BCUT2D eigenvalue weighted by Gasteiger charge is -2.02. The maximum absolute atomic E-state index is 12.0. The summed E-state index contributed by atoms with van der Waals surface area (Å²) in [6.07, 6.45) is 6.09. The molecule has 0 saturated carbocycles. The van der Waals surface area contributed by atoms with E-state index in [2.05, 4.69) is 0 Å². The summed E-state index contributed by atoms with van der Waals surface area (Å²) >= 11 is 0. The Morgan fingerprint density at radius 1 is 0.562 bits per heavy atom. The second kappa shape index (κ2) is 12.7. The van der Waals surface area contributed by atoms with Crippen LogP contribution in [-0.4, -0.2) is 11.9 Å². The van der Waals surface area contributed by atoms with Crippen molar-refractivity contribution in [1.82, 2.24) is 0 Å². The number of benzene rings is 3. The van der Waals surface area contributed by atoms with Crippen LogP contribution in [0.4, 0.5) is 0 Å². The van der Waals surface area contributed by atoms with Crippen molar-refractivity contribution in [3.05, 3.63) is 107 Å². The van der Waals surface area contributed by atoms with Gasteiger partial charge in [0.1, 0.15) is 11.5 Å². The van der Waals surface area contributed by atoms with E-state index in [1.807, 2.05) is 64.1 Å². The number of carbonyl (C=O) groups excluding carboxylic acids is 2. The van der Waals surface area contributed by atoms with Gasteiger partial charge in [-0.3, -0.25) is 0 Å². The molecule has 164 valence electrons. The zero-order valence-corrected chi connectivity index (χ0v) is 18.9. The summed E-state index contributed by atoms with van der Waals surface area (Å²) < 4.78 is 10.5. The van der Waals surface area contributed by atoms with Crippen molar-refractivity contribution in [2.45, 2.75) is 27.7 Å². The van der Waals surface area contributed by atoms with Gasteiger partial charge in [-0.2, -0.15) is 0 Å². The van der Waals surface area contributed by atoms with Crippen LogP contribution in [0.1, 0.15) is 36.1 Å². The van der Waals surface area contributed by atoms with E-state index in [-0.39, 0.29) is 0 Å². The minimum Gasteiger partial charge on any atom is -0.423 e. The molecule has 0 N–H and O–H groups in total. The fourth-order valence-corrected chi connectivity index (χ4v) is 2.56. The van der Waals surface area contributed by atoms with Gasteiger partial charge in [0, 0.05) is 12.2 Å². The van der Waals surface area contributed by atoms with Crippen LogP contribution in [0.2, 0.25) is 0 Å². The topological polar surface area (TPSA) is 52.6 Å². The molecule has 0 aliphatic heterocycles. The van der Waals surface area contributed by atoms with Crippen LogP contribution < -0.4 is 9.47 Å². The molecule has 3 aromatic carbocycles. The zero-order valence-electron chi connectivity index (χ0n) is 18.9. The maximum Gasteiger partial charge on any atom is 0.336 e. The van der Waals surface area contributed by atoms with Crippen LogP contribution in [0, 0.1) is 13.8 Å². The molecule has 32 heavy (non-hydrogen) atoms. The average molecular weight is 429 g/mol. The summed E-state index contributed by atoms with van der Waals surface area (Å²) in [7, 11) is 0. The van der Waals surface area contributed by atoms with Crippen LogP contribution >= 0.6 is 0 Å². The number of carbonyl (C=O) groups is 2. The van der Waals surface area contributed by atoms with Crippen molar-refractivity contribution >= 4 is 24.1 Å². The molecular formula is C28H28O4. The van der Waals surface area contributed by atoms with Crippen molar-refractivity contribution in [3.8, 4) is 11.5 Å². The van der Waals surface area contributed by atoms with E-state index < -0.39 is 11.9 Å². The first kappa shape index (κ1) is 24.4. The van der Waals surface area contributed by atoms with Gasteiger partial charge in [0.25, 0.3) is 0 Å². The Morgan fingerprint density at radius 3 is 1.28 bits per heavy atom. The summed E-state index contributed by atoms with van der Waals surface area (Å²) in [6.45, 7) is 7.97. The molecule has 4 heteroatoms. The van der Waals surface area contributed by atoms with Crippen LogP contribution in [0.3, 0.4) is 0 Å². The lowest BCUT2D eigenvalue weighted by Crippen LogP contribution is -2.04. The van der Waals surface area contributed by atoms with Gasteiger partial charge in [-0.1, -0.05) is 73.5 Å². The largest absolute Gasteiger partial charge is 0.423 e. The minimum absolute atomic E-state index is 0.424. The molecule has 0 amide bonds. The summed E-state index contributed by atoms with van der Waals surface area (Å²) in [5, 5.41) is 0. The Balaban J connectivity index is 0.00000176. The molecule has 4 nitrogen and oxygen atoms in total. The molecule has 3 rings (SSSR count). The number of hydrogen-bond acceptors (Lipinski definition) is 4. The second-order valence-electron chi connectivity index (χ2n) is 6.80. The van der Waals surface area contributed by atoms with E-state index in [0.717, 1.165) is 22.3 Å². The lowest BCUT2D eigenvalue weighted by atomic mass is 10.1. The van der Waals surface area contributed by atoms with Crippen molar-refractivity contribution in [2.24, 2.45) is 0 Å². The summed E-state index contributed by atoms with van der Waals surface area (Å²) in [4.78, 5) is 23.9. The Kier molecular flexibility index (Phi) is 9.67. The molecule has 0 aromatic heterocycles. The third-order valence-corrected chi connectivity index (χ3v) is 4.24. The molecule has 0 spiro atoms. The Bertz CT molecular complexity index is 1060. The van der Waals surface area contributed by atoms with E-state index in [1.54, 1.807) is 48.6 Å². The van der Waals surface area contributed by atoms with Gasteiger partial charge in [0.2, 0.25) is 0 Å². The van der Waals surface area contributed by atoms with Crippen molar-refractivity contribution < 1.29 is 19.1 Å². The van der Waals surface area contributed by atoms with E-state index >= 15 is 0 Å². The van der Waals surface area contributed by atoms with Crippen LogP contribution in [0.25, 0.3) is 12.2 Å². The predicted molar refractivity (Wildman–Crippen MR) is 129 cm³/mol. The third-order valence-electron chi connectivity index (χ3n) is 4.24. The fraction of sp³-hybridized carbons (Fsp3) is 0.143. The second-order valence-corrected chi connectivity index (χ2v) is 6.80. The highest BCUT2D eigenvalue weighted by molar-refractivity contribution is 5.89. The molecule has 0 bridgehead atoms. The smallest absolute Gasteiger partial charge is 0.336 e. The molecular weight excluding hydrogens is 400 g/mol. The third kappa shape index (κ3) is 8.44. The minimum atomic E-state index is -0.462. The highest BCUT2D eigenvalue weighted by atomic mass is 16.5. The van der Waals surface area contributed by atoms with Crippen molar-refractivity contribution in [1.29, 1.82) is 0 Å². The zero-order chi connectivity index (χ0) is 23.3. The van der Waals surface area contributed by atoms with E-state index in [4.69, 9.17) is 9.47 Å². The standard InChI is InChI=1S/C26H22O4.C2H6/c1-19-3-7-21(8-4-19)11-17-26(28)30-24-15-9-22(10-16-24)12-18-25(27)29-23-13-5-20(2)6-14-23;1-2/h3-18H,1-2H3;1-2H3/b17-11+,18-12+;. The number of aryl methyl sites for hydroxylation is 2. The maximum atomic E-state index is 12.0. The average Bonchev–Trinajstić information content (AvgIpc) is 2.81. The van der Waals surface area contributed by atoms with Gasteiger partial charge in [0.15, 0.2) is 0 Å². The van der Waals surface area contributed by atoms with Crippen LogP contribution in [0.5, 0.6) is 11.5 Å². The Morgan fingerprint density at radius 2 is 0.875 bits per heavy atom. The van der Waals surface area contributed by atoms with E-state index in [1.165, 1.54) is 12.2 Å². The molecule has 0 saturated heterocycles. The molecule has 3 aromatic rings. The summed E-state index contributed by atoms with van der Waals surface area (Å²) in [5.41, 5.74) is 3.96. The highest BCUT2D eigenvalue weighted by Gasteiger charge is 2.02. The number of hydrogen-bond donors (Lipinski definition) is 0. The van der Waals surface area contributed by atoms with Crippen molar-refractivity contribution in [3.63, 3.8) is 0 Å². The lowest BCUT2D eigenvalue weighted by molar-refractivity contribution is -0.129. The molecule has 0 atom stereocenters. The van der Waals surface area contributed by atoms with E-state index in [0.29, 0.717) is 11.5 Å². The number of rotatable bonds is 6. The van der Waals surface area contributed by atoms with Crippen LogP contribution in [0.15, 0.2) is 84.9 Å². The first-order valence-corrected chi connectivity index (χ1v) is 10.5. The van der Waals surface area contributed by atoms with Gasteiger partial charge in [-0.05, 0) is 61.4 Å². The molecule has 0 heterocycles. The molecule has 0 unspecified atom stereocenters. The molecule has 0 radical (unpaired) electrons. The van der Waals surface area contributed by atoms with Crippen molar-refractivity contribution in [2.75, 3.05) is 0 Å². The van der Waals surface area contributed by atoms with Gasteiger partial charge in [0.05, 0.1) is 0 Å². The molecule has 0 aliphatic rings. The normalized spacial score (nSPS) is 10.5. The van der Waals surface area contributed by atoms with Gasteiger partial charge >= 0.3 is 11.9 Å². The molecule has 0 aliphatic carbocycles. The Hall–Kier alpha value is -3.92. The first-order valence-electron chi connectivity index (χ1n) is 10.5. The summed E-state index contributed by atoms with van der Waals surface area (Å²) in [6, 6.07) is 21.9.